The summed E-state index contributed by atoms with van der Waals surface area (Å²) in [5, 5.41) is 17.6. The second kappa shape index (κ2) is 12.1. The number of phenols is 1. The maximum absolute atomic E-state index is 13.3. The number of phenolic OH excluding ortho intramolecular Hbond substituents is 1. The van der Waals surface area contributed by atoms with E-state index >= 15 is 0 Å². The molecule has 3 amide bonds. The van der Waals surface area contributed by atoms with Gasteiger partial charge in [-0.05, 0) is 67.4 Å². The van der Waals surface area contributed by atoms with Crippen LogP contribution in [0.4, 0.5) is 21.9 Å². The minimum atomic E-state index is -0.523. The van der Waals surface area contributed by atoms with Gasteiger partial charge >= 0.3 is 6.09 Å². The predicted molar refractivity (Wildman–Crippen MR) is 154 cm³/mol. The molecule has 0 saturated heterocycles. The molecular weight excluding hydrogens is 494 g/mol. The molecule has 0 unspecified atom stereocenters. The number of unbranched alkanes of at least 4 members (excludes halogenated alkanes) is 1. The number of benzene rings is 4. The molecule has 0 heterocycles. The minimum absolute atomic E-state index is 0.0908. The van der Waals surface area contributed by atoms with Crippen LogP contribution in [0.25, 0.3) is 10.8 Å². The van der Waals surface area contributed by atoms with E-state index in [1.54, 1.807) is 65.6 Å². The van der Waals surface area contributed by atoms with Gasteiger partial charge in [-0.2, -0.15) is 0 Å². The monoisotopic (exact) mass is 525 g/mol. The highest BCUT2D eigenvalue weighted by molar-refractivity contribution is 6.12. The molecule has 0 fully saturated rings. The molecular formula is C31H31N3O5. The summed E-state index contributed by atoms with van der Waals surface area (Å²) in [6, 6.07) is 22.4. The molecule has 8 nitrogen and oxygen atoms in total. The van der Waals surface area contributed by atoms with Crippen molar-refractivity contribution in [2.45, 2.75) is 33.6 Å². The van der Waals surface area contributed by atoms with Gasteiger partial charge < -0.3 is 20.5 Å². The number of carbonyl (C=O) groups excluding carboxylic acids is 3. The third-order valence-electron chi connectivity index (χ3n) is 6.16. The van der Waals surface area contributed by atoms with Crippen LogP contribution in [0.3, 0.4) is 0 Å². The molecule has 4 aromatic carbocycles. The van der Waals surface area contributed by atoms with Crippen molar-refractivity contribution in [3.05, 3.63) is 90.0 Å². The number of ether oxygens (including phenoxy) is 1. The number of aromatic hydroxyl groups is 1. The Hall–Kier alpha value is -4.85. The van der Waals surface area contributed by atoms with Crippen molar-refractivity contribution in [1.29, 1.82) is 0 Å². The lowest BCUT2D eigenvalue weighted by molar-refractivity contribution is -0.114. The van der Waals surface area contributed by atoms with E-state index < -0.39 is 12.0 Å². The van der Waals surface area contributed by atoms with Gasteiger partial charge in [-0.25, -0.2) is 4.79 Å². The number of nitrogens with zero attached hydrogens (tertiary/aromatic N) is 1. The van der Waals surface area contributed by atoms with E-state index in [4.69, 9.17) is 4.74 Å². The first-order valence-electron chi connectivity index (χ1n) is 12.8. The first-order valence-corrected chi connectivity index (χ1v) is 12.8. The molecule has 0 radical (unpaired) electrons. The number of carbonyl (C=O) groups is 3. The molecule has 0 bridgehead atoms. The maximum Gasteiger partial charge on any atom is 0.419 e. The van der Waals surface area contributed by atoms with Crippen LogP contribution in [0.5, 0.6) is 11.5 Å². The topological polar surface area (TPSA) is 108 Å². The van der Waals surface area contributed by atoms with E-state index in [9.17, 15) is 19.5 Å². The first-order chi connectivity index (χ1) is 18.8. The second-order valence-electron chi connectivity index (χ2n) is 9.24. The van der Waals surface area contributed by atoms with Gasteiger partial charge in [0.1, 0.15) is 11.5 Å². The third kappa shape index (κ3) is 6.54. The SMILES string of the molecule is CCCCN(C(=O)Oc1cccc(C)c1)c1cccc2c(O)c(C(=O)Nc3ccc(NC(C)=O)cc3)ccc12. The van der Waals surface area contributed by atoms with Crippen molar-refractivity contribution in [3.8, 4) is 11.5 Å². The highest BCUT2D eigenvalue weighted by atomic mass is 16.6. The van der Waals surface area contributed by atoms with Crippen molar-refractivity contribution in [2.75, 3.05) is 22.1 Å². The van der Waals surface area contributed by atoms with Gasteiger partial charge in [0, 0.05) is 35.6 Å². The molecule has 8 heteroatoms. The van der Waals surface area contributed by atoms with E-state index in [0.717, 1.165) is 18.4 Å². The predicted octanol–water partition coefficient (Wildman–Crippen LogP) is 6.87. The van der Waals surface area contributed by atoms with Crippen molar-refractivity contribution >= 4 is 45.7 Å². The second-order valence-corrected chi connectivity index (χ2v) is 9.24. The fraction of sp³-hybridized carbons (Fsp3) is 0.194. The Morgan fingerprint density at radius 1 is 0.872 bits per heavy atom. The molecule has 0 atom stereocenters. The van der Waals surface area contributed by atoms with Crippen LogP contribution in [0.2, 0.25) is 0 Å². The summed E-state index contributed by atoms with van der Waals surface area (Å²) in [7, 11) is 0. The fourth-order valence-corrected chi connectivity index (χ4v) is 4.24. The number of hydrogen-bond acceptors (Lipinski definition) is 5. The van der Waals surface area contributed by atoms with Crippen molar-refractivity contribution in [2.24, 2.45) is 0 Å². The van der Waals surface area contributed by atoms with Gasteiger partial charge in [-0.3, -0.25) is 14.5 Å². The lowest BCUT2D eigenvalue weighted by atomic mass is 10.0. The van der Waals surface area contributed by atoms with Gasteiger partial charge in [0.15, 0.2) is 0 Å². The summed E-state index contributed by atoms with van der Waals surface area (Å²) in [6.45, 7) is 5.81. The Morgan fingerprint density at radius 3 is 2.23 bits per heavy atom. The van der Waals surface area contributed by atoms with Crippen LogP contribution >= 0.6 is 0 Å². The number of rotatable bonds is 8. The average Bonchev–Trinajstić information content (AvgIpc) is 2.90. The zero-order valence-electron chi connectivity index (χ0n) is 22.2. The molecule has 200 valence electrons. The smallest absolute Gasteiger partial charge is 0.419 e. The summed E-state index contributed by atoms with van der Waals surface area (Å²) < 4.78 is 5.68. The van der Waals surface area contributed by atoms with E-state index in [1.807, 2.05) is 26.0 Å². The zero-order valence-corrected chi connectivity index (χ0v) is 22.2. The lowest BCUT2D eigenvalue weighted by Crippen LogP contribution is -2.34. The van der Waals surface area contributed by atoms with E-state index in [1.165, 1.54) is 13.0 Å². The van der Waals surface area contributed by atoms with Crippen LogP contribution in [-0.2, 0) is 4.79 Å². The molecule has 4 rings (SSSR count). The third-order valence-corrected chi connectivity index (χ3v) is 6.16. The molecule has 0 aliphatic heterocycles. The Labute approximate surface area is 227 Å². The molecule has 3 N–H and O–H groups in total. The van der Waals surface area contributed by atoms with Crippen molar-refractivity contribution in [3.63, 3.8) is 0 Å². The molecule has 0 aromatic heterocycles. The number of aryl methyl sites for hydroxylation is 1. The van der Waals surface area contributed by atoms with Crippen molar-refractivity contribution in [1.82, 2.24) is 0 Å². The van der Waals surface area contributed by atoms with Gasteiger partial charge in [0.25, 0.3) is 5.91 Å². The number of fused-ring (bicyclic) bond motifs is 1. The van der Waals surface area contributed by atoms with Crippen LogP contribution in [0.15, 0.2) is 78.9 Å². The van der Waals surface area contributed by atoms with Gasteiger partial charge in [-0.15, -0.1) is 0 Å². The van der Waals surface area contributed by atoms with Gasteiger partial charge in [0.05, 0.1) is 11.3 Å². The molecule has 39 heavy (non-hydrogen) atoms. The highest BCUT2D eigenvalue weighted by Gasteiger charge is 2.22. The standard InChI is InChI=1S/C31H31N3O5/c1-4-5-18-34(31(38)39-24-9-6-8-20(2)19-24)28-11-7-10-26-25(28)16-17-27(29(26)36)30(37)33-23-14-12-22(13-15-23)32-21(3)35/h6-17,19,36H,4-5,18H2,1-3H3,(H,32,35)(H,33,37). The summed E-state index contributed by atoms with van der Waals surface area (Å²) in [5.74, 6) is -0.421. The lowest BCUT2D eigenvalue weighted by Gasteiger charge is -2.24. The molecule has 0 saturated carbocycles. The molecule has 0 aliphatic rings. The summed E-state index contributed by atoms with van der Waals surface area (Å²) in [4.78, 5) is 39.1. The average molecular weight is 526 g/mol. The number of hydrogen-bond donors (Lipinski definition) is 3. The maximum atomic E-state index is 13.3. The van der Waals surface area contributed by atoms with E-state index in [2.05, 4.69) is 10.6 Å². The van der Waals surface area contributed by atoms with Crippen LogP contribution in [0, 0.1) is 6.92 Å². The number of anilines is 3. The largest absolute Gasteiger partial charge is 0.506 e. The Balaban J connectivity index is 1.62. The van der Waals surface area contributed by atoms with Crippen LogP contribution in [-0.4, -0.2) is 29.6 Å². The van der Waals surface area contributed by atoms with Crippen molar-refractivity contribution < 1.29 is 24.2 Å². The van der Waals surface area contributed by atoms with E-state index in [0.29, 0.717) is 40.1 Å². The Kier molecular flexibility index (Phi) is 8.46. The molecule has 0 spiro atoms. The zero-order chi connectivity index (χ0) is 27.9. The Morgan fingerprint density at radius 2 is 1.56 bits per heavy atom. The fourth-order valence-electron chi connectivity index (χ4n) is 4.24. The number of nitrogens with one attached hydrogen (secondary N) is 2. The van der Waals surface area contributed by atoms with Crippen LogP contribution in [0.1, 0.15) is 42.6 Å². The summed E-state index contributed by atoms with van der Waals surface area (Å²) in [5.41, 5.74) is 2.76. The summed E-state index contributed by atoms with van der Waals surface area (Å²) in [6.07, 6.45) is 1.11. The normalized spacial score (nSPS) is 10.6. The first kappa shape index (κ1) is 27.2. The minimum Gasteiger partial charge on any atom is -0.506 e. The quantitative estimate of drug-likeness (QED) is 0.233. The van der Waals surface area contributed by atoms with E-state index in [-0.39, 0.29) is 17.2 Å². The van der Waals surface area contributed by atoms with Gasteiger partial charge in [-0.1, -0.05) is 43.7 Å². The number of amides is 3. The summed E-state index contributed by atoms with van der Waals surface area (Å²) >= 11 is 0. The Bertz CT molecular complexity index is 1510. The van der Waals surface area contributed by atoms with Gasteiger partial charge in [0.2, 0.25) is 5.91 Å². The molecule has 0 aliphatic carbocycles. The highest BCUT2D eigenvalue weighted by Crippen LogP contribution is 2.36. The molecule has 4 aromatic rings. The van der Waals surface area contributed by atoms with Crippen LogP contribution < -0.4 is 20.3 Å².